The van der Waals surface area contributed by atoms with Crippen molar-refractivity contribution in [3.8, 4) is 0 Å². The van der Waals surface area contributed by atoms with Crippen molar-refractivity contribution >= 4 is 23.6 Å². The van der Waals surface area contributed by atoms with Gasteiger partial charge in [-0.25, -0.2) is 9.59 Å². The molecule has 1 aromatic carbocycles. The molecule has 0 radical (unpaired) electrons. The predicted octanol–water partition coefficient (Wildman–Crippen LogP) is 2.64. The number of nitrogens with one attached hydrogen (secondary N) is 1. The van der Waals surface area contributed by atoms with Crippen LogP contribution in [0.3, 0.4) is 0 Å². The summed E-state index contributed by atoms with van der Waals surface area (Å²) in [5.41, 5.74) is 0.715. The van der Waals surface area contributed by atoms with Gasteiger partial charge in [-0.3, -0.25) is 4.79 Å². The fourth-order valence-electron chi connectivity index (χ4n) is 3.96. The molecule has 3 unspecified atom stereocenters. The maximum Gasteiger partial charge on any atom is 0.326 e. The number of carbonyl (C=O) groups is 3. The van der Waals surface area contributed by atoms with Gasteiger partial charge in [-0.15, -0.1) is 0 Å². The van der Waals surface area contributed by atoms with Crippen molar-refractivity contribution in [2.24, 2.45) is 11.8 Å². The summed E-state index contributed by atoms with van der Waals surface area (Å²) >= 11 is 0. The first-order valence-corrected chi connectivity index (χ1v) is 9.60. The van der Waals surface area contributed by atoms with E-state index in [-0.39, 0.29) is 17.9 Å². The molecule has 7 heteroatoms. The first-order chi connectivity index (χ1) is 13.0. The Morgan fingerprint density at radius 3 is 2.56 bits per heavy atom. The highest BCUT2D eigenvalue weighted by molar-refractivity contribution is 5.90. The van der Waals surface area contributed by atoms with Gasteiger partial charge in [0.05, 0.1) is 5.92 Å². The third-order valence-electron chi connectivity index (χ3n) is 5.52. The number of hydrogen-bond donors (Lipinski definition) is 2. The van der Waals surface area contributed by atoms with Crippen LogP contribution in [-0.4, -0.2) is 58.5 Å². The Balaban J connectivity index is 1.63. The third kappa shape index (κ3) is 4.59. The molecule has 0 saturated carbocycles. The molecule has 0 spiro atoms. The first-order valence-electron chi connectivity index (χ1n) is 9.60. The lowest BCUT2D eigenvalue weighted by molar-refractivity contribution is -0.155. The van der Waals surface area contributed by atoms with Crippen molar-refractivity contribution in [3.05, 3.63) is 30.3 Å². The van der Waals surface area contributed by atoms with Crippen molar-refractivity contribution in [2.45, 2.75) is 38.6 Å². The largest absolute Gasteiger partial charge is 0.480 e. The Bertz CT molecular complexity index is 694. The average molecular weight is 373 g/mol. The van der Waals surface area contributed by atoms with Crippen LogP contribution >= 0.6 is 0 Å². The number of likely N-dealkylation sites (tertiary alicyclic amines) is 2. The van der Waals surface area contributed by atoms with Crippen molar-refractivity contribution in [3.63, 3.8) is 0 Å². The zero-order chi connectivity index (χ0) is 19.4. The molecule has 0 aromatic heterocycles. The Morgan fingerprint density at radius 1 is 1.11 bits per heavy atom. The van der Waals surface area contributed by atoms with E-state index in [4.69, 9.17) is 0 Å². The average Bonchev–Trinajstić information content (AvgIpc) is 2.68. The van der Waals surface area contributed by atoms with E-state index in [1.165, 1.54) is 4.90 Å². The Kier molecular flexibility index (Phi) is 5.98. The van der Waals surface area contributed by atoms with Gasteiger partial charge < -0.3 is 20.2 Å². The summed E-state index contributed by atoms with van der Waals surface area (Å²) in [7, 11) is 0. The van der Waals surface area contributed by atoms with Gasteiger partial charge in [0.25, 0.3) is 0 Å². The number of carboxylic acids is 1. The van der Waals surface area contributed by atoms with Crippen LogP contribution in [0, 0.1) is 11.8 Å². The number of aliphatic carboxylic acids is 1. The molecular weight excluding hydrogens is 346 g/mol. The lowest BCUT2D eigenvalue weighted by atomic mass is 9.89. The number of hydrogen-bond acceptors (Lipinski definition) is 3. The zero-order valence-electron chi connectivity index (χ0n) is 15.6. The minimum atomic E-state index is -0.940. The molecule has 2 fully saturated rings. The van der Waals surface area contributed by atoms with Crippen LogP contribution in [0.2, 0.25) is 0 Å². The number of carboxylic acid groups (broad SMARTS) is 1. The maximum absolute atomic E-state index is 13.0. The second-order valence-corrected chi connectivity index (χ2v) is 7.60. The SMILES string of the molecule is CC1CCN(C(=O)C2CCCN(C(=O)Nc3ccccc3)C2)C(C(=O)O)C1. The van der Waals surface area contributed by atoms with Gasteiger partial charge in [0.15, 0.2) is 0 Å². The third-order valence-corrected chi connectivity index (χ3v) is 5.52. The van der Waals surface area contributed by atoms with Gasteiger partial charge >= 0.3 is 12.0 Å². The maximum atomic E-state index is 13.0. The standard InChI is InChI=1S/C20H27N3O4/c1-14-9-11-23(17(12-14)19(25)26)18(24)15-6-5-10-22(13-15)20(27)21-16-7-3-2-4-8-16/h2-4,7-8,14-15,17H,5-6,9-13H2,1H3,(H,21,27)(H,25,26). The highest BCUT2D eigenvalue weighted by Gasteiger charge is 2.39. The molecule has 0 aliphatic carbocycles. The smallest absolute Gasteiger partial charge is 0.326 e. The molecule has 1 aromatic rings. The van der Waals surface area contributed by atoms with E-state index in [1.807, 2.05) is 37.3 Å². The van der Waals surface area contributed by atoms with Crippen molar-refractivity contribution in [2.75, 3.05) is 25.0 Å². The molecule has 7 nitrogen and oxygen atoms in total. The van der Waals surface area contributed by atoms with Crippen LogP contribution in [0.15, 0.2) is 30.3 Å². The topological polar surface area (TPSA) is 90.0 Å². The number of carbonyl (C=O) groups excluding carboxylic acids is 2. The monoisotopic (exact) mass is 373 g/mol. The number of benzene rings is 1. The second-order valence-electron chi connectivity index (χ2n) is 7.60. The fourth-order valence-corrected chi connectivity index (χ4v) is 3.96. The number of anilines is 1. The van der Waals surface area contributed by atoms with E-state index in [1.54, 1.807) is 4.90 Å². The molecule has 2 saturated heterocycles. The van der Waals surface area contributed by atoms with E-state index >= 15 is 0 Å². The van der Waals surface area contributed by atoms with Crippen LogP contribution in [0.25, 0.3) is 0 Å². The minimum Gasteiger partial charge on any atom is -0.480 e. The zero-order valence-corrected chi connectivity index (χ0v) is 15.6. The first kappa shape index (κ1) is 19.2. The van der Waals surface area contributed by atoms with Crippen LogP contribution in [-0.2, 0) is 9.59 Å². The predicted molar refractivity (Wildman–Crippen MR) is 101 cm³/mol. The van der Waals surface area contributed by atoms with Crippen LogP contribution in [0.1, 0.15) is 32.6 Å². The number of rotatable bonds is 3. The number of piperidine rings is 2. The van der Waals surface area contributed by atoms with E-state index in [2.05, 4.69) is 5.32 Å². The van der Waals surface area contributed by atoms with E-state index in [9.17, 15) is 19.5 Å². The van der Waals surface area contributed by atoms with Gasteiger partial charge in [0.2, 0.25) is 5.91 Å². The minimum absolute atomic E-state index is 0.133. The number of amides is 3. The molecule has 27 heavy (non-hydrogen) atoms. The van der Waals surface area contributed by atoms with Crippen LogP contribution in [0.4, 0.5) is 10.5 Å². The Labute approximate surface area is 159 Å². The number of nitrogens with zero attached hydrogens (tertiary/aromatic N) is 2. The normalized spacial score (nSPS) is 25.7. The van der Waals surface area contributed by atoms with E-state index in [0.29, 0.717) is 44.1 Å². The number of para-hydroxylation sites is 1. The second kappa shape index (κ2) is 8.41. The van der Waals surface area contributed by atoms with Crippen molar-refractivity contribution < 1.29 is 19.5 Å². The van der Waals surface area contributed by atoms with Crippen LogP contribution < -0.4 is 5.32 Å². The molecule has 3 rings (SSSR count). The van der Waals surface area contributed by atoms with Crippen molar-refractivity contribution in [1.82, 2.24) is 9.80 Å². The lowest BCUT2D eigenvalue weighted by Crippen LogP contribution is -2.54. The molecule has 3 atom stereocenters. The van der Waals surface area contributed by atoms with Gasteiger partial charge in [-0.1, -0.05) is 25.1 Å². The molecule has 2 aliphatic heterocycles. The lowest BCUT2D eigenvalue weighted by Gasteiger charge is -2.40. The number of urea groups is 1. The summed E-state index contributed by atoms with van der Waals surface area (Å²) in [4.78, 5) is 40.3. The molecule has 0 bridgehead atoms. The fraction of sp³-hybridized carbons (Fsp3) is 0.550. The van der Waals surface area contributed by atoms with Gasteiger partial charge in [-0.2, -0.15) is 0 Å². The highest BCUT2D eigenvalue weighted by atomic mass is 16.4. The molecule has 3 amide bonds. The Hall–Kier alpha value is -2.57. The summed E-state index contributed by atoms with van der Waals surface area (Å²) in [5.74, 6) is -1.11. The summed E-state index contributed by atoms with van der Waals surface area (Å²) < 4.78 is 0. The summed E-state index contributed by atoms with van der Waals surface area (Å²) in [6.07, 6.45) is 2.74. The van der Waals surface area contributed by atoms with Gasteiger partial charge in [-0.05, 0) is 43.7 Å². The molecule has 146 valence electrons. The summed E-state index contributed by atoms with van der Waals surface area (Å²) in [6.45, 7) is 3.43. The Morgan fingerprint density at radius 2 is 1.85 bits per heavy atom. The summed E-state index contributed by atoms with van der Waals surface area (Å²) in [6, 6.07) is 8.23. The van der Waals surface area contributed by atoms with Crippen LogP contribution in [0.5, 0.6) is 0 Å². The van der Waals surface area contributed by atoms with Crippen molar-refractivity contribution in [1.29, 1.82) is 0 Å². The van der Waals surface area contributed by atoms with Gasteiger partial charge in [0, 0.05) is 25.3 Å². The van der Waals surface area contributed by atoms with E-state index in [0.717, 1.165) is 12.8 Å². The molecule has 2 aliphatic rings. The highest BCUT2D eigenvalue weighted by Crippen LogP contribution is 2.27. The van der Waals surface area contributed by atoms with E-state index < -0.39 is 12.0 Å². The van der Waals surface area contributed by atoms with Gasteiger partial charge in [0.1, 0.15) is 6.04 Å². The summed E-state index contributed by atoms with van der Waals surface area (Å²) in [5, 5.41) is 12.4. The molecule has 2 N–H and O–H groups in total. The molecule has 2 heterocycles. The quantitative estimate of drug-likeness (QED) is 0.852. The molecular formula is C20H27N3O4.